The van der Waals surface area contributed by atoms with E-state index in [0.717, 1.165) is 0 Å². The van der Waals surface area contributed by atoms with E-state index in [0.29, 0.717) is 37.6 Å². The highest BCUT2D eigenvalue weighted by molar-refractivity contribution is 5.97. The van der Waals surface area contributed by atoms with Crippen molar-refractivity contribution in [2.24, 2.45) is 0 Å². The third kappa shape index (κ3) is 4.37. The molecular weight excluding hydrogens is 339 g/mol. The molecule has 0 bridgehead atoms. The number of ether oxygens (including phenoxy) is 2. The summed E-state index contributed by atoms with van der Waals surface area (Å²) in [4.78, 5) is 26.3. The fourth-order valence-corrected chi connectivity index (χ4v) is 2.60. The van der Waals surface area contributed by atoms with Crippen LogP contribution in [0.1, 0.15) is 10.4 Å². The number of rotatable bonds is 5. The Morgan fingerprint density at radius 3 is 2.54 bits per heavy atom. The highest BCUT2D eigenvalue weighted by atomic mass is 19.1. The minimum atomic E-state index is -0.524. The summed E-state index contributed by atoms with van der Waals surface area (Å²) in [7, 11) is 0. The lowest BCUT2D eigenvalue weighted by atomic mass is 10.1. The van der Waals surface area contributed by atoms with Gasteiger partial charge in [-0.3, -0.25) is 9.59 Å². The Labute approximate surface area is 150 Å². The van der Waals surface area contributed by atoms with Crippen LogP contribution >= 0.6 is 0 Å². The molecule has 0 saturated carbocycles. The second kappa shape index (κ2) is 8.44. The number of para-hydroxylation sites is 2. The number of carbonyl (C=O) groups is 2. The van der Waals surface area contributed by atoms with Gasteiger partial charge in [-0.15, -0.1) is 0 Å². The molecule has 7 heteroatoms. The molecule has 2 aromatic carbocycles. The molecule has 1 N–H and O–H groups in total. The average molecular weight is 358 g/mol. The van der Waals surface area contributed by atoms with Gasteiger partial charge in [-0.2, -0.15) is 0 Å². The first kappa shape index (κ1) is 17.9. The van der Waals surface area contributed by atoms with Crippen LogP contribution in [0.25, 0.3) is 0 Å². The summed E-state index contributed by atoms with van der Waals surface area (Å²) in [6, 6.07) is 12.6. The van der Waals surface area contributed by atoms with Gasteiger partial charge >= 0.3 is 0 Å². The molecule has 26 heavy (non-hydrogen) atoms. The molecule has 1 fully saturated rings. The fourth-order valence-electron chi connectivity index (χ4n) is 2.60. The number of hydrogen-bond acceptors (Lipinski definition) is 4. The van der Waals surface area contributed by atoms with Crippen molar-refractivity contribution in [3.8, 4) is 5.75 Å². The van der Waals surface area contributed by atoms with Crippen molar-refractivity contribution in [1.82, 2.24) is 4.90 Å². The predicted octanol–water partition coefficient (Wildman–Crippen LogP) is 2.32. The summed E-state index contributed by atoms with van der Waals surface area (Å²) in [5.74, 6) is -0.890. The maximum Gasteiger partial charge on any atom is 0.262 e. The highest BCUT2D eigenvalue weighted by Gasteiger charge is 2.21. The molecule has 1 aliphatic rings. The second-order valence-electron chi connectivity index (χ2n) is 5.72. The zero-order valence-electron chi connectivity index (χ0n) is 14.1. The van der Waals surface area contributed by atoms with Gasteiger partial charge in [0.2, 0.25) is 0 Å². The molecule has 0 unspecified atom stereocenters. The number of benzene rings is 2. The van der Waals surface area contributed by atoms with E-state index >= 15 is 0 Å². The second-order valence-corrected chi connectivity index (χ2v) is 5.72. The first-order valence-corrected chi connectivity index (χ1v) is 8.28. The third-order valence-electron chi connectivity index (χ3n) is 3.92. The van der Waals surface area contributed by atoms with E-state index in [-0.39, 0.29) is 18.2 Å². The lowest BCUT2D eigenvalue weighted by molar-refractivity contribution is -0.118. The van der Waals surface area contributed by atoms with Gasteiger partial charge in [0, 0.05) is 13.1 Å². The van der Waals surface area contributed by atoms with Crippen molar-refractivity contribution in [2.75, 3.05) is 38.2 Å². The summed E-state index contributed by atoms with van der Waals surface area (Å²) < 4.78 is 24.3. The fraction of sp³-hybridized carbons (Fsp3) is 0.263. The summed E-state index contributed by atoms with van der Waals surface area (Å²) in [6.07, 6.45) is 0. The summed E-state index contributed by atoms with van der Waals surface area (Å²) in [5.41, 5.74) is 0.465. The van der Waals surface area contributed by atoms with Crippen molar-refractivity contribution >= 4 is 17.5 Å². The minimum Gasteiger partial charge on any atom is -0.483 e. The van der Waals surface area contributed by atoms with Crippen LogP contribution in [-0.4, -0.2) is 49.6 Å². The van der Waals surface area contributed by atoms with Crippen LogP contribution in [0.2, 0.25) is 0 Å². The van der Waals surface area contributed by atoms with Crippen LogP contribution in [0.3, 0.4) is 0 Å². The zero-order chi connectivity index (χ0) is 18.4. The van der Waals surface area contributed by atoms with Crippen LogP contribution in [0.4, 0.5) is 10.1 Å². The largest absolute Gasteiger partial charge is 0.483 e. The van der Waals surface area contributed by atoms with Gasteiger partial charge in [0.1, 0.15) is 11.6 Å². The third-order valence-corrected chi connectivity index (χ3v) is 3.92. The van der Waals surface area contributed by atoms with Gasteiger partial charge in [0.25, 0.3) is 11.8 Å². The topological polar surface area (TPSA) is 67.9 Å². The zero-order valence-corrected chi connectivity index (χ0v) is 14.1. The Morgan fingerprint density at radius 1 is 1.08 bits per heavy atom. The minimum absolute atomic E-state index is 0.0822. The van der Waals surface area contributed by atoms with Crippen LogP contribution in [0.15, 0.2) is 48.5 Å². The molecule has 1 heterocycles. The maximum atomic E-state index is 13.6. The standard InChI is InChI=1S/C19H19FN2O4/c20-15-6-2-3-7-16(15)21-18(23)13-26-17-8-4-1-5-14(17)19(24)22-9-11-25-12-10-22/h1-8H,9-13H2,(H,21,23). The number of carbonyl (C=O) groups excluding carboxylic acids is 2. The van der Waals surface area contributed by atoms with Crippen LogP contribution < -0.4 is 10.1 Å². The molecule has 2 amide bonds. The van der Waals surface area contributed by atoms with Crippen molar-refractivity contribution in [3.63, 3.8) is 0 Å². The molecule has 3 rings (SSSR count). The number of nitrogens with one attached hydrogen (secondary N) is 1. The molecule has 0 aromatic heterocycles. The van der Waals surface area contributed by atoms with Crippen LogP contribution in [0, 0.1) is 5.82 Å². The first-order chi connectivity index (χ1) is 12.6. The van der Waals surface area contributed by atoms with Gasteiger partial charge in [-0.1, -0.05) is 24.3 Å². The average Bonchev–Trinajstić information content (AvgIpc) is 2.68. The molecule has 2 aromatic rings. The highest BCUT2D eigenvalue weighted by Crippen LogP contribution is 2.21. The normalized spacial score (nSPS) is 14.0. The van der Waals surface area contributed by atoms with Crippen LogP contribution in [-0.2, 0) is 9.53 Å². The Balaban J connectivity index is 1.64. The Morgan fingerprint density at radius 2 is 1.77 bits per heavy atom. The van der Waals surface area contributed by atoms with Crippen molar-refractivity contribution < 1.29 is 23.5 Å². The van der Waals surface area contributed by atoms with E-state index in [1.807, 2.05) is 0 Å². The van der Waals surface area contributed by atoms with Crippen molar-refractivity contribution in [1.29, 1.82) is 0 Å². The van der Waals surface area contributed by atoms with Crippen molar-refractivity contribution in [3.05, 3.63) is 59.9 Å². The van der Waals surface area contributed by atoms with E-state index < -0.39 is 11.7 Å². The molecule has 136 valence electrons. The maximum absolute atomic E-state index is 13.6. The Bertz CT molecular complexity index is 791. The van der Waals surface area contributed by atoms with Gasteiger partial charge in [0.15, 0.2) is 6.61 Å². The lowest BCUT2D eigenvalue weighted by Crippen LogP contribution is -2.40. The van der Waals surface area contributed by atoms with Gasteiger partial charge in [-0.25, -0.2) is 4.39 Å². The molecular formula is C19H19FN2O4. The predicted molar refractivity (Wildman–Crippen MR) is 93.7 cm³/mol. The molecule has 0 aliphatic carbocycles. The molecule has 6 nitrogen and oxygen atoms in total. The first-order valence-electron chi connectivity index (χ1n) is 8.28. The van der Waals surface area contributed by atoms with E-state index in [2.05, 4.69) is 5.32 Å². The summed E-state index contributed by atoms with van der Waals surface area (Å²) >= 11 is 0. The molecule has 1 saturated heterocycles. The smallest absolute Gasteiger partial charge is 0.262 e. The molecule has 1 aliphatic heterocycles. The number of nitrogens with zero attached hydrogens (tertiary/aromatic N) is 1. The number of amides is 2. The summed E-state index contributed by atoms with van der Waals surface area (Å²) in [6.45, 7) is 1.70. The van der Waals surface area contributed by atoms with Crippen molar-refractivity contribution in [2.45, 2.75) is 0 Å². The number of hydrogen-bond donors (Lipinski definition) is 1. The monoisotopic (exact) mass is 358 g/mol. The Kier molecular flexibility index (Phi) is 5.80. The van der Waals surface area contributed by atoms with E-state index in [1.165, 1.54) is 18.2 Å². The van der Waals surface area contributed by atoms with E-state index in [9.17, 15) is 14.0 Å². The number of halogens is 1. The van der Waals surface area contributed by atoms with Gasteiger partial charge in [0.05, 0.1) is 24.5 Å². The SMILES string of the molecule is O=C(COc1ccccc1C(=O)N1CCOCC1)Nc1ccccc1F. The van der Waals surface area contributed by atoms with Crippen LogP contribution in [0.5, 0.6) is 5.75 Å². The number of anilines is 1. The summed E-state index contributed by atoms with van der Waals surface area (Å²) in [5, 5.41) is 2.44. The van der Waals surface area contributed by atoms with Gasteiger partial charge < -0.3 is 19.7 Å². The van der Waals surface area contributed by atoms with Gasteiger partial charge in [-0.05, 0) is 24.3 Å². The lowest BCUT2D eigenvalue weighted by Gasteiger charge is -2.27. The van der Waals surface area contributed by atoms with E-state index in [1.54, 1.807) is 35.2 Å². The quantitative estimate of drug-likeness (QED) is 0.891. The molecule has 0 atom stereocenters. The van der Waals surface area contributed by atoms with E-state index in [4.69, 9.17) is 9.47 Å². The molecule has 0 radical (unpaired) electrons. The molecule has 0 spiro atoms. The number of morpholine rings is 1. The Hall–Kier alpha value is -2.93.